The summed E-state index contributed by atoms with van der Waals surface area (Å²) in [5.74, 6) is 7.97. The van der Waals surface area contributed by atoms with Gasteiger partial charge in [-0.25, -0.2) is 20.9 Å². The predicted molar refractivity (Wildman–Crippen MR) is 139 cm³/mol. The monoisotopic (exact) mass is 524 g/mol. The van der Waals surface area contributed by atoms with E-state index in [1.54, 1.807) is 38.4 Å². The average Bonchev–Trinajstić information content (AvgIpc) is 3.62. The number of hydrazine groups is 1. The van der Waals surface area contributed by atoms with Crippen LogP contribution in [0.1, 0.15) is 31.7 Å². The zero-order valence-corrected chi connectivity index (χ0v) is 22.4. The predicted octanol–water partition coefficient (Wildman–Crippen LogP) is 3.62. The summed E-state index contributed by atoms with van der Waals surface area (Å²) in [5.41, 5.74) is 0.317. The zero-order chi connectivity index (χ0) is 25.6. The van der Waals surface area contributed by atoms with Crippen LogP contribution in [-0.2, 0) is 14.1 Å². The summed E-state index contributed by atoms with van der Waals surface area (Å²) < 4.78 is 17.9. The second kappa shape index (κ2) is 12.3. The van der Waals surface area contributed by atoms with Crippen molar-refractivity contribution < 1.29 is 18.6 Å². The van der Waals surface area contributed by atoms with Crippen molar-refractivity contribution in [1.29, 1.82) is 0 Å². The Hall–Kier alpha value is -2.07. The standard InChI is InChI=1S/C23H34ClN6O4P/c1-16(29(3)21-17(2)22(30(4)25)27-15-26-21)12-20(32-5)13-33-35(28-23(14-31)10-11-23)34-19-8-6-18(24)7-9-19/h6-9,14-16,20,28H,10-13,25H2,1-5H3. The van der Waals surface area contributed by atoms with Crippen molar-refractivity contribution in [2.75, 3.05) is 37.7 Å². The molecule has 0 saturated heterocycles. The van der Waals surface area contributed by atoms with Gasteiger partial charge in [0.1, 0.15) is 24.2 Å². The molecule has 1 saturated carbocycles. The number of halogens is 1. The third-order valence-corrected chi connectivity index (χ3v) is 7.65. The SMILES string of the molecule is COC(COP(NC1(C=O)CC1)Oc1ccc(Cl)cc1)CC(C)N(C)c1ncnc(N(C)N)c1C. The van der Waals surface area contributed by atoms with Crippen molar-refractivity contribution in [2.24, 2.45) is 5.84 Å². The first-order valence-electron chi connectivity index (χ1n) is 11.3. The van der Waals surface area contributed by atoms with Gasteiger partial charge >= 0.3 is 8.53 Å². The normalized spacial score (nSPS) is 16.8. The number of carbonyl (C=O) groups excluding carboxylic acids is 1. The molecule has 0 aliphatic heterocycles. The maximum atomic E-state index is 11.5. The van der Waals surface area contributed by atoms with Gasteiger partial charge in [-0.15, -0.1) is 0 Å². The number of anilines is 2. The lowest BCUT2D eigenvalue weighted by Crippen LogP contribution is -2.36. The van der Waals surface area contributed by atoms with Gasteiger partial charge < -0.3 is 23.5 Å². The Morgan fingerprint density at radius 3 is 2.49 bits per heavy atom. The van der Waals surface area contributed by atoms with E-state index < -0.39 is 14.1 Å². The molecule has 0 bridgehead atoms. The molecular formula is C23H34ClN6O4P. The second-order valence-corrected chi connectivity index (χ2v) is 10.4. The highest BCUT2D eigenvalue weighted by atomic mass is 35.5. The van der Waals surface area contributed by atoms with Gasteiger partial charge in [0.2, 0.25) is 0 Å². The number of methoxy groups -OCH3 is 1. The fourth-order valence-electron chi connectivity index (χ4n) is 3.52. The summed E-state index contributed by atoms with van der Waals surface area (Å²) in [5, 5.41) is 5.34. The lowest BCUT2D eigenvalue weighted by atomic mass is 10.1. The number of carbonyl (C=O) groups is 1. The topological polar surface area (TPSA) is 115 Å². The molecule has 0 spiro atoms. The maximum absolute atomic E-state index is 11.5. The lowest BCUT2D eigenvalue weighted by molar-refractivity contribution is -0.110. The fraction of sp³-hybridized carbons (Fsp3) is 0.522. The molecule has 0 radical (unpaired) electrons. The van der Waals surface area contributed by atoms with Crippen molar-refractivity contribution in [2.45, 2.75) is 50.8 Å². The van der Waals surface area contributed by atoms with Gasteiger partial charge in [-0.1, -0.05) is 11.6 Å². The number of benzene rings is 1. The van der Waals surface area contributed by atoms with Gasteiger partial charge in [0.15, 0.2) is 5.82 Å². The van der Waals surface area contributed by atoms with E-state index in [0.717, 1.165) is 30.5 Å². The van der Waals surface area contributed by atoms with Gasteiger partial charge in [-0.3, -0.25) is 5.01 Å². The Morgan fingerprint density at radius 2 is 1.91 bits per heavy atom. The minimum atomic E-state index is -1.58. The van der Waals surface area contributed by atoms with Crippen LogP contribution in [0.5, 0.6) is 5.75 Å². The van der Waals surface area contributed by atoms with E-state index in [4.69, 9.17) is 31.2 Å². The lowest BCUT2D eigenvalue weighted by Gasteiger charge is -2.31. The highest BCUT2D eigenvalue weighted by molar-refractivity contribution is 7.45. The van der Waals surface area contributed by atoms with Crippen LogP contribution in [0.15, 0.2) is 30.6 Å². The fourth-order valence-corrected chi connectivity index (χ4v) is 5.06. The summed E-state index contributed by atoms with van der Waals surface area (Å²) in [6.45, 7) is 4.33. The highest BCUT2D eigenvalue weighted by Gasteiger charge is 2.45. The van der Waals surface area contributed by atoms with Crippen LogP contribution >= 0.6 is 20.1 Å². The number of aldehydes is 1. The second-order valence-electron chi connectivity index (χ2n) is 8.79. The van der Waals surface area contributed by atoms with Crippen LogP contribution in [0.4, 0.5) is 11.6 Å². The number of rotatable bonds is 14. The van der Waals surface area contributed by atoms with E-state index in [1.165, 1.54) is 11.3 Å². The van der Waals surface area contributed by atoms with E-state index in [1.807, 2.05) is 14.0 Å². The zero-order valence-electron chi connectivity index (χ0n) is 20.8. The molecular weight excluding hydrogens is 491 g/mol. The first-order valence-corrected chi connectivity index (χ1v) is 12.9. The van der Waals surface area contributed by atoms with Crippen LogP contribution in [0.3, 0.4) is 0 Å². The quantitative estimate of drug-likeness (QED) is 0.164. The minimum Gasteiger partial charge on any atom is -0.436 e. The average molecular weight is 525 g/mol. The van der Waals surface area contributed by atoms with Gasteiger partial charge in [-0.2, -0.15) is 0 Å². The molecule has 3 N–H and O–H groups in total. The van der Waals surface area contributed by atoms with E-state index in [-0.39, 0.29) is 18.8 Å². The van der Waals surface area contributed by atoms with E-state index in [2.05, 4.69) is 26.9 Å². The smallest absolute Gasteiger partial charge is 0.319 e. The Kier molecular flexibility index (Phi) is 9.63. The maximum Gasteiger partial charge on any atom is 0.319 e. The van der Waals surface area contributed by atoms with Gasteiger partial charge in [0.05, 0.1) is 18.2 Å². The summed E-state index contributed by atoms with van der Waals surface area (Å²) in [4.78, 5) is 22.3. The van der Waals surface area contributed by atoms with Crippen LogP contribution in [0, 0.1) is 6.92 Å². The summed E-state index contributed by atoms with van der Waals surface area (Å²) in [6.07, 6.45) is 4.42. The molecule has 192 valence electrons. The summed E-state index contributed by atoms with van der Waals surface area (Å²) in [7, 11) is 3.80. The van der Waals surface area contributed by atoms with E-state index in [0.29, 0.717) is 23.0 Å². The molecule has 3 rings (SSSR count). The first kappa shape index (κ1) is 27.5. The molecule has 3 unspecified atom stereocenters. The van der Waals surface area contributed by atoms with Crippen LogP contribution in [0.2, 0.25) is 5.02 Å². The number of aromatic nitrogens is 2. The number of ether oxygens (including phenoxy) is 1. The molecule has 1 heterocycles. The summed E-state index contributed by atoms with van der Waals surface area (Å²) >= 11 is 5.98. The van der Waals surface area contributed by atoms with Crippen molar-refractivity contribution in [3.8, 4) is 5.75 Å². The molecule has 2 aromatic rings. The van der Waals surface area contributed by atoms with Gasteiger partial charge in [-0.05, 0) is 57.4 Å². The van der Waals surface area contributed by atoms with Crippen molar-refractivity contribution in [3.63, 3.8) is 0 Å². The largest absolute Gasteiger partial charge is 0.436 e. The number of hydrogen-bond acceptors (Lipinski definition) is 10. The molecule has 10 nitrogen and oxygen atoms in total. The third-order valence-electron chi connectivity index (χ3n) is 6.01. The number of nitrogens with two attached hydrogens (primary N) is 1. The Morgan fingerprint density at radius 1 is 1.26 bits per heavy atom. The van der Waals surface area contributed by atoms with Crippen molar-refractivity contribution in [3.05, 3.63) is 41.2 Å². The van der Waals surface area contributed by atoms with E-state index >= 15 is 0 Å². The molecule has 1 aromatic carbocycles. The first-order chi connectivity index (χ1) is 16.7. The molecule has 35 heavy (non-hydrogen) atoms. The number of nitrogens with zero attached hydrogens (tertiary/aromatic N) is 4. The number of hydrogen-bond donors (Lipinski definition) is 2. The summed E-state index contributed by atoms with van der Waals surface area (Å²) in [6, 6.07) is 7.11. The third kappa shape index (κ3) is 7.46. The van der Waals surface area contributed by atoms with Crippen LogP contribution in [-0.4, -0.2) is 61.8 Å². The van der Waals surface area contributed by atoms with Gasteiger partial charge in [0.25, 0.3) is 0 Å². The van der Waals surface area contributed by atoms with Crippen LogP contribution in [0.25, 0.3) is 0 Å². The van der Waals surface area contributed by atoms with Crippen LogP contribution < -0.4 is 25.4 Å². The van der Waals surface area contributed by atoms with E-state index in [9.17, 15) is 4.79 Å². The van der Waals surface area contributed by atoms with Gasteiger partial charge in [0, 0.05) is 37.8 Å². The van der Waals surface area contributed by atoms with Crippen molar-refractivity contribution >= 4 is 38.0 Å². The molecule has 1 fully saturated rings. The Balaban J connectivity index is 1.63. The highest BCUT2D eigenvalue weighted by Crippen LogP contribution is 2.45. The Labute approximate surface area is 213 Å². The molecule has 1 aliphatic carbocycles. The molecule has 1 aromatic heterocycles. The molecule has 1 aliphatic rings. The van der Waals surface area contributed by atoms with Crippen molar-refractivity contribution in [1.82, 2.24) is 15.1 Å². The minimum absolute atomic E-state index is 0.0780. The molecule has 3 atom stereocenters. The molecule has 12 heteroatoms. The number of nitrogens with one attached hydrogen (secondary N) is 1. The Bertz CT molecular complexity index is 979. The molecule has 0 amide bonds.